The molecule has 3 nitrogen and oxygen atoms in total. The maximum Gasteiger partial charge on any atom is 0.170 e. The third kappa shape index (κ3) is 6.20. The highest BCUT2D eigenvalue weighted by atomic mass is 35.5. The van der Waals surface area contributed by atoms with Crippen molar-refractivity contribution in [2.45, 2.75) is 44.6 Å². The molecule has 0 spiro atoms. The van der Waals surface area contributed by atoms with Gasteiger partial charge in [0.05, 0.1) is 16.8 Å². The molecule has 1 aliphatic rings. The van der Waals surface area contributed by atoms with Crippen molar-refractivity contribution in [3.8, 4) is 0 Å². The fraction of sp³-hybridized carbons (Fsp3) is 0.562. The molecule has 1 saturated carbocycles. The maximum absolute atomic E-state index is 6.07. The van der Waals surface area contributed by atoms with Crippen LogP contribution in [0, 0.1) is 0 Å². The summed E-state index contributed by atoms with van der Waals surface area (Å²) in [5, 5.41) is 7.54. The third-order valence-corrected chi connectivity index (χ3v) is 4.21. The zero-order valence-electron chi connectivity index (χ0n) is 12.2. The van der Waals surface area contributed by atoms with Crippen LogP contribution in [0.5, 0.6) is 0 Å². The van der Waals surface area contributed by atoms with E-state index in [0.29, 0.717) is 16.2 Å². The van der Waals surface area contributed by atoms with E-state index in [4.69, 9.17) is 28.6 Å². The molecule has 1 aromatic carbocycles. The van der Waals surface area contributed by atoms with Crippen LogP contribution in [0.1, 0.15) is 38.5 Å². The fourth-order valence-corrected chi connectivity index (χ4v) is 2.88. The molecule has 2 N–H and O–H groups in total. The summed E-state index contributed by atoms with van der Waals surface area (Å²) in [6.45, 7) is 1.61. The van der Waals surface area contributed by atoms with Gasteiger partial charge >= 0.3 is 0 Å². The standard InChI is InChI=1S/C16H23ClN2OS/c17-14-9-4-5-10-15(14)19-16(21)18-11-6-12-20-13-7-2-1-3-8-13/h4-5,9-10,13H,1-3,6-8,11-12H2,(H2,18,19,21). The predicted molar refractivity (Wildman–Crippen MR) is 93.1 cm³/mol. The third-order valence-electron chi connectivity index (χ3n) is 3.63. The molecule has 0 bridgehead atoms. The minimum atomic E-state index is 0.479. The number of halogens is 1. The van der Waals surface area contributed by atoms with Gasteiger partial charge in [-0.25, -0.2) is 0 Å². The molecule has 0 aliphatic heterocycles. The number of ether oxygens (including phenoxy) is 1. The lowest BCUT2D eigenvalue weighted by molar-refractivity contribution is 0.0277. The first kappa shape index (κ1) is 16.5. The molecule has 116 valence electrons. The smallest absolute Gasteiger partial charge is 0.170 e. The zero-order valence-corrected chi connectivity index (χ0v) is 13.8. The van der Waals surface area contributed by atoms with E-state index in [1.807, 2.05) is 24.3 Å². The Bertz CT molecular complexity index is 450. The molecule has 2 rings (SSSR count). The summed E-state index contributed by atoms with van der Waals surface area (Å²) in [5.74, 6) is 0. The number of benzene rings is 1. The highest BCUT2D eigenvalue weighted by molar-refractivity contribution is 7.80. The van der Waals surface area contributed by atoms with E-state index in [-0.39, 0.29) is 0 Å². The molecular weight excluding hydrogens is 304 g/mol. The van der Waals surface area contributed by atoms with Crippen LogP contribution in [0.3, 0.4) is 0 Å². The summed E-state index contributed by atoms with van der Waals surface area (Å²) in [7, 11) is 0. The Morgan fingerprint density at radius 3 is 2.76 bits per heavy atom. The first-order valence-corrected chi connectivity index (χ1v) is 8.45. The van der Waals surface area contributed by atoms with Gasteiger partial charge in [-0.2, -0.15) is 0 Å². The number of rotatable bonds is 6. The van der Waals surface area contributed by atoms with E-state index in [1.54, 1.807) is 0 Å². The topological polar surface area (TPSA) is 33.3 Å². The maximum atomic E-state index is 6.07. The molecule has 21 heavy (non-hydrogen) atoms. The van der Waals surface area contributed by atoms with E-state index >= 15 is 0 Å². The molecule has 0 unspecified atom stereocenters. The number of hydrogen-bond acceptors (Lipinski definition) is 2. The van der Waals surface area contributed by atoms with Gasteiger partial charge in [0.2, 0.25) is 0 Å². The van der Waals surface area contributed by atoms with Gasteiger partial charge in [-0.1, -0.05) is 43.0 Å². The van der Waals surface area contributed by atoms with Crippen molar-refractivity contribution in [1.29, 1.82) is 0 Å². The van der Waals surface area contributed by atoms with Gasteiger partial charge in [-0.15, -0.1) is 0 Å². The Balaban J connectivity index is 1.56. The second-order valence-corrected chi connectivity index (χ2v) is 6.16. The fourth-order valence-electron chi connectivity index (χ4n) is 2.48. The summed E-state index contributed by atoms with van der Waals surface area (Å²) in [6, 6.07) is 7.56. The Morgan fingerprint density at radius 2 is 2.00 bits per heavy atom. The molecule has 0 saturated heterocycles. The second-order valence-electron chi connectivity index (χ2n) is 5.35. The highest BCUT2D eigenvalue weighted by Gasteiger charge is 2.12. The van der Waals surface area contributed by atoms with Crippen LogP contribution in [0.25, 0.3) is 0 Å². The Morgan fingerprint density at radius 1 is 1.24 bits per heavy atom. The van der Waals surface area contributed by atoms with Crippen molar-refractivity contribution in [3.63, 3.8) is 0 Å². The van der Waals surface area contributed by atoms with E-state index in [0.717, 1.165) is 25.3 Å². The molecule has 0 heterocycles. The predicted octanol–water partition coefficient (Wildman–Crippen LogP) is 4.37. The molecule has 5 heteroatoms. The summed E-state index contributed by atoms with van der Waals surface area (Å²) in [6.07, 6.45) is 7.88. The van der Waals surface area contributed by atoms with Gasteiger partial charge in [0.25, 0.3) is 0 Å². The average molecular weight is 327 g/mol. The van der Waals surface area contributed by atoms with Gasteiger partial charge in [0, 0.05) is 13.2 Å². The Labute approximate surface area is 137 Å². The summed E-state index contributed by atoms with van der Waals surface area (Å²) < 4.78 is 5.88. The van der Waals surface area contributed by atoms with Crippen LogP contribution in [-0.2, 0) is 4.74 Å². The van der Waals surface area contributed by atoms with Crippen LogP contribution in [0.15, 0.2) is 24.3 Å². The van der Waals surface area contributed by atoms with E-state index in [9.17, 15) is 0 Å². The van der Waals surface area contributed by atoms with Gasteiger partial charge in [-0.05, 0) is 43.6 Å². The molecule has 0 radical (unpaired) electrons. The van der Waals surface area contributed by atoms with Crippen LogP contribution in [-0.4, -0.2) is 24.4 Å². The first-order chi connectivity index (χ1) is 10.3. The van der Waals surface area contributed by atoms with Crippen LogP contribution >= 0.6 is 23.8 Å². The molecular formula is C16H23ClN2OS. The zero-order chi connectivity index (χ0) is 14.9. The summed E-state index contributed by atoms with van der Waals surface area (Å²) in [5.41, 5.74) is 0.829. The van der Waals surface area contributed by atoms with Crippen molar-refractivity contribution in [1.82, 2.24) is 5.32 Å². The first-order valence-electron chi connectivity index (χ1n) is 7.66. The Kier molecular flexibility index (Phi) is 7.27. The van der Waals surface area contributed by atoms with Gasteiger partial charge < -0.3 is 15.4 Å². The van der Waals surface area contributed by atoms with E-state index in [2.05, 4.69) is 10.6 Å². The number of hydrogen-bond donors (Lipinski definition) is 2. The number of nitrogens with one attached hydrogen (secondary N) is 2. The normalized spacial score (nSPS) is 15.7. The molecule has 1 fully saturated rings. The van der Waals surface area contributed by atoms with Crippen molar-refractivity contribution >= 4 is 34.6 Å². The van der Waals surface area contributed by atoms with Crippen molar-refractivity contribution < 1.29 is 4.74 Å². The van der Waals surface area contributed by atoms with E-state index < -0.39 is 0 Å². The molecule has 0 atom stereocenters. The van der Waals surface area contributed by atoms with Gasteiger partial charge in [-0.3, -0.25) is 0 Å². The highest BCUT2D eigenvalue weighted by Crippen LogP contribution is 2.21. The molecule has 1 aliphatic carbocycles. The lowest BCUT2D eigenvalue weighted by atomic mass is 9.98. The quantitative estimate of drug-likeness (QED) is 0.601. The largest absolute Gasteiger partial charge is 0.378 e. The van der Waals surface area contributed by atoms with Crippen molar-refractivity contribution in [2.75, 3.05) is 18.5 Å². The number of para-hydroxylation sites is 1. The van der Waals surface area contributed by atoms with Crippen LogP contribution < -0.4 is 10.6 Å². The van der Waals surface area contributed by atoms with Crippen molar-refractivity contribution in [3.05, 3.63) is 29.3 Å². The Hall–Kier alpha value is -0.840. The summed E-state index contributed by atoms with van der Waals surface area (Å²) in [4.78, 5) is 0. The lowest BCUT2D eigenvalue weighted by Gasteiger charge is -2.22. The number of anilines is 1. The lowest BCUT2D eigenvalue weighted by Crippen LogP contribution is -2.30. The molecule has 1 aromatic rings. The van der Waals surface area contributed by atoms with Crippen LogP contribution in [0.4, 0.5) is 5.69 Å². The van der Waals surface area contributed by atoms with Gasteiger partial charge in [0.15, 0.2) is 5.11 Å². The van der Waals surface area contributed by atoms with E-state index in [1.165, 1.54) is 32.1 Å². The molecule has 0 aromatic heterocycles. The monoisotopic (exact) mass is 326 g/mol. The molecule has 0 amide bonds. The van der Waals surface area contributed by atoms with Gasteiger partial charge in [0.1, 0.15) is 0 Å². The summed E-state index contributed by atoms with van der Waals surface area (Å²) >= 11 is 11.3. The minimum absolute atomic E-state index is 0.479. The average Bonchev–Trinajstić information content (AvgIpc) is 2.50. The van der Waals surface area contributed by atoms with Crippen LogP contribution in [0.2, 0.25) is 5.02 Å². The van der Waals surface area contributed by atoms with Crippen molar-refractivity contribution in [2.24, 2.45) is 0 Å². The number of thiocarbonyl (C=S) groups is 1. The second kappa shape index (κ2) is 9.23. The SMILES string of the molecule is S=C(NCCCOC1CCCCC1)Nc1ccccc1Cl. The minimum Gasteiger partial charge on any atom is -0.378 e.